The van der Waals surface area contributed by atoms with E-state index < -0.39 is 0 Å². The van der Waals surface area contributed by atoms with Crippen LogP contribution in [0.1, 0.15) is 11.3 Å². The minimum atomic E-state index is -0.0217. The third-order valence-corrected chi connectivity index (χ3v) is 4.33. The van der Waals surface area contributed by atoms with Crippen LogP contribution in [0.3, 0.4) is 0 Å². The number of amides is 1. The smallest absolute Gasteiger partial charge is 0.239 e. The van der Waals surface area contributed by atoms with Crippen LogP contribution in [0, 0.1) is 11.3 Å². The van der Waals surface area contributed by atoms with Gasteiger partial charge >= 0.3 is 0 Å². The highest BCUT2D eigenvalue weighted by Gasteiger charge is 2.11. The molecule has 1 aromatic carbocycles. The van der Waals surface area contributed by atoms with E-state index in [0.29, 0.717) is 31.7 Å². The molecule has 7 nitrogen and oxygen atoms in total. The third kappa shape index (κ3) is 4.98. The largest absolute Gasteiger partial charge is 0.364 e. The molecule has 0 atom stereocenters. The Balaban J connectivity index is 1.63. The second kappa shape index (κ2) is 8.72. The van der Waals surface area contributed by atoms with E-state index in [9.17, 15) is 4.79 Å². The number of carbonyl (C=O) groups excluding carboxylic acids is 1. The maximum absolute atomic E-state index is 12.1. The van der Waals surface area contributed by atoms with Crippen LogP contribution in [0.25, 0.3) is 0 Å². The van der Waals surface area contributed by atoms with Crippen molar-refractivity contribution in [3.8, 4) is 6.07 Å². The molecule has 2 heterocycles. The van der Waals surface area contributed by atoms with Crippen LogP contribution >= 0.6 is 0 Å². The van der Waals surface area contributed by atoms with Gasteiger partial charge in [-0.25, -0.2) is 4.98 Å². The summed E-state index contributed by atoms with van der Waals surface area (Å²) in [7, 11) is 1.96. The van der Waals surface area contributed by atoms with Crippen molar-refractivity contribution in [1.82, 2.24) is 19.4 Å². The number of hydrogen-bond donors (Lipinski definition) is 1. The maximum atomic E-state index is 12.1. The lowest BCUT2D eigenvalue weighted by Crippen LogP contribution is -2.36. The van der Waals surface area contributed by atoms with Gasteiger partial charge in [-0.1, -0.05) is 0 Å². The van der Waals surface area contributed by atoms with Gasteiger partial charge in [0.2, 0.25) is 5.91 Å². The van der Waals surface area contributed by atoms with Gasteiger partial charge in [0.25, 0.3) is 0 Å². The molecule has 0 bridgehead atoms. The molecule has 1 amide bonds. The van der Waals surface area contributed by atoms with Crippen LogP contribution in [0.5, 0.6) is 0 Å². The molecule has 0 aliphatic carbocycles. The first kappa shape index (κ1) is 18.3. The Labute approximate surface area is 158 Å². The lowest BCUT2D eigenvalue weighted by Gasteiger charge is -2.25. The quantitative estimate of drug-likeness (QED) is 0.664. The average Bonchev–Trinajstić information content (AvgIpc) is 3.33. The van der Waals surface area contributed by atoms with Crippen molar-refractivity contribution >= 4 is 11.6 Å². The Kier molecular flexibility index (Phi) is 5.90. The summed E-state index contributed by atoms with van der Waals surface area (Å²) in [6.45, 7) is 2.15. The highest BCUT2D eigenvalue weighted by Crippen LogP contribution is 2.17. The number of nitriles is 1. The molecule has 0 aliphatic rings. The summed E-state index contributed by atoms with van der Waals surface area (Å²) in [6, 6.07) is 13.4. The average molecular weight is 362 g/mol. The summed E-state index contributed by atoms with van der Waals surface area (Å²) in [5.74, 6) is -0.0217. The SMILES string of the molecule is Cn1cncc1CN(CCNC(=O)Cn1cccc1)c1ccc(C#N)cc1. The zero-order valence-corrected chi connectivity index (χ0v) is 15.2. The summed E-state index contributed by atoms with van der Waals surface area (Å²) in [5.41, 5.74) is 2.69. The number of carbonyl (C=O) groups is 1. The molecule has 0 saturated carbocycles. The first-order chi connectivity index (χ1) is 13.2. The van der Waals surface area contributed by atoms with Crippen LogP contribution < -0.4 is 10.2 Å². The van der Waals surface area contributed by atoms with Crippen LogP contribution in [0.15, 0.2) is 61.3 Å². The Morgan fingerprint density at radius 1 is 1.26 bits per heavy atom. The zero-order chi connectivity index (χ0) is 19.1. The lowest BCUT2D eigenvalue weighted by atomic mass is 10.2. The molecule has 27 heavy (non-hydrogen) atoms. The summed E-state index contributed by atoms with van der Waals surface area (Å²) in [5, 5.41) is 12.0. The number of imidazole rings is 1. The molecule has 0 unspecified atom stereocenters. The number of nitrogens with one attached hydrogen (secondary N) is 1. The lowest BCUT2D eigenvalue weighted by molar-refractivity contribution is -0.121. The summed E-state index contributed by atoms with van der Waals surface area (Å²) in [6.07, 6.45) is 7.34. The van der Waals surface area contributed by atoms with E-state index in [2.05, 4.69) is 21.3 Å². The van der Waals surface area contributed by atoms with Crippen LogP contribution in [-0.2, 0) is 24.9 Å². The third-order valence-electron chi connectivity index (χ3n) is 4.33. The number of benzene rings is 1. The molecule has 7 heteroatoms. The Morgan fingerprint density at radius 3 is 2.63 bits per heavy atom. The standard InChI is InChI=1S/C20H22N6O/c1-24-16-22-13-19(24)14-26(18-6-4-17(12-21)5-7-18)11-8-23-20(27)15-25-9-2-3-10-25/h2-7,9-10,13,16H,8,11,14-15H2,1H3,(H,23,27). The fraction of sp³-hybridized carbons (Fsp3) is 0.250. The van der Waals surface area contributed by atoms with E-state index in [1.54, 1.807) is 18.5 Å². The van der Waals surface area contributed by atoms with Gasteiger partial charge in [0.05, 0.1) is 30.2 Å². The number of rotatable bonds is 8. The second-order valence-electron chi connectivity index (χ2n) is 6.28. The molecule has 0 aliphatic heterocycles. The minimum absolute atomic E-state index is 0.0217. The van der Waals surface area contributed by atoms with Gasteiger partial charge in [0.1, 0.15) is 6.54 Å². The van der Waals surface area contributed by atoms with Gasteiger partial charge in [0, 0.05) is 44.4 Å². The van der Waals surface area contributed by atoms with Crippen molar-refractivity contribution in [2.24, 2.45) is 7.05 Å². The topological polar surface area (TPSA) is 78.9 Å². The molecule has 0 radical (unpaired) electrons. The molecule has 3 aromatic rings. The maximum Gasteiger partial charge on any atom is 0.239 e. The van der Waals surface area contributed by atoms with Gasteiger partial charge in [-0.05, 0) is 36.4 Å². The fourth-order valence-electron chi connectivity index (χ4n) is 2.81. The van der Waals surface area contributed by atoms with Crippen molar-refractivity contribution in [3.63, 3.8) is 0 Å². The molecule has 1 N–H and O–H groups in total. The number of hydrogen-bond acceptors (Lipinski definition) is 4. The molecule has 0 spiro atoms. The van der Waals surface area contributed by atoms with Gasteiger partial charge < -0.3 is 19.4 Å². The van der Waals surface area contributed by atoms with Crippen molar-refractivity contribution in [1.29, 1.82) is 5.26 Å². The van der Waals surface area contributed by atoms with Crippen molar-refractivity contribution in [3.05, 3.63) is 72.6 Å². The molecule has 138 valence electrons. The number of aromatic nitrogens is 3. The van der Waals surface area contributed by atoms with Gasteiger partial charge in [-0.15, -0.1) is 0 Å². The van der Waals surface area contributed by atoms with E-state index in [-0.39, 0.29) is 5.91 Å². The summed E-state index contributed by atoms with van der Waals surface area (Å²) < 4.78 is 3.81. The van der Waals surface area contributed by atoms with E-state index in [1.807, 2.05) is 59.0 Å². The number of nitrogens with zero attached hydrogens (tertiary/aromatic N) is 5. The highest BCUT2D eigenvalue weighted by atomic mass is 16.1. The van der Waals surface area contributed by atoms with Crippen LogP contribution in [0.4, 0.5) is 5.69 Å². The normalized spacial score (nSPS) is 10.4. The Bertz CT molecular complexity index is 905. The summed E-state index contributed by atoms with van der Waals surface area (Å²) in [4.78, 5) is 18.4. The minimum Gasteiger partial charge on any atom is -0.364 e. The number of anilines is 1. The number of aryl methyl sites for hydroxylation is 1. The Hall–Kier alpha value is -3.53. The summed E-state index contributed by atoms with van der Waals surface area (Å²) >= 11 is 0. The van der Waals surface area contributed by atoms with Crippen molar-refractivity contribution in [2.45, 2.75) is 13.1 Å². The molecule has 2 aromatic heterocycles. The molecule has 0 fully saturated rings. The van der Waals surface area contributed by atoms with Crippen molar-refractivity contribution < 1.29 is 4.79 Å². The molecular formula is C20H22N6O. The van der Waals surface area contributed by atoms with Crippen LogP contribution in [-0.4, -0.2) is 33.1 Å². The molecule has 0 saturated heterocycles. The van der Waals surface area contributed by atoms with Crippen molar-refractivity contribution in [2.75, 3.05) is 18.0 Å². The zero-order valence-electron chi connectivity index (χ0n) is 15.2. The second-order valence-corrected chi connectivity index (χ2v) is 6.28. The van der Waals surface area contributed by atoms with E-state index >= 15 is 0 Å². The van der Waals surface area contributed by atoms with Gasteiger partial charge in [-0.3, -0.25) is 4.79 Å². The Morgan fingerprint density at radius 2 is 2.00 bits per heavy atom. The molecule has 3 rings (SSSR count). The van der Waals surface area contributed by atoms with Gasteiger partial charge in [-0.2, -0.15) is 5.26 Å². The first-order valence-corrected chi connectivity index (χ1v) is 8.73. The van der Waals surface area contributed by atoms with E-state index in [1.165, 1.54) is 0 Å². The highest BCUT2D eigenvalue weighted by molar-refractivity contribution is 5.75. The van der Waals surface area contributed by atoms with E-state index in [4.69, 9.17) is 5.26 Å². The monoisotopic (exact) mass is 362 g/mol. The predicted molar refractivity (Wildman–Crippen MR) is 103 cm³/mol. The van der Waals surface area contributed by atoms with Gasteiger partial charge in [0.15, 0.2) is 0 Å². The molecular weight excluding hydrogens is 340 g/mol. The fourth-order valence-corrected chi connectivity index (χ4v) is 2.81. The van der Waals surface area contributed by atoms with E-state index in [0.717, 1.165) is 11.4 Å². The predicted octanol–water partition coefficient (Wildman–Crippen LogP) is 1.92. The van der Waals surface area contributed by atoms with Crippen LogP contribution in [0.2, 0.25) is 0 Å². The first-order valence-electron chi connectivity index (χ1n) is 8.73.